The molecular formula is C19H33NO. The molecule has 0 aliphatic carbocycles. The molecule has 2 heteroatoms. The van der Waals surface area contributed by atoms with E-state index in [4.69, 9.17) is 4.74 Å². The van der Waals surface area contributed by atoms with E-state index < -0.39 is 0 Å². The number of hydrogen-bond acceptors (Lipinski definition) is 2. The standard InChI is InChI=1S/C19H33NO/c1-5-6-7-8-9-10-15-20-17(4)18-11-13-19(14-12-18)21-16(2)3/h11-14,16-17,20H,5-10,15H2,1-4H3. The summed E-state index contributed by atoms with van der Waals surface area (Å²) in [6.07, 6.45) is 8.34. The topological polar surface area (TPSA) is 21.3 Å². The Morgan fingerprint density at radius 2 is 1.52 bits per heavy atom. The number of ether oxygens (including phenoxy) is 1. The highest BCUT2D eigenvalue weighted by atomic mass is 16.5. The summed E-state index contributed by atoms with van der Waals surface area (Å²) in [6, 6.07) is 8.87. The Morgan fingerprint density at radius 3 is 2.14 bits per heavy atom. The van der Waals surface area contributed by atoms with E-state index in [1.165, 1.54) is 44.1 Å². The van der Waals surface area contributed by atoms with Crippen molar-refractivity contribution in [2.24, 2.45) is 0 Å². The van der Waals surface area contributed by atoms with Gasteiger partial charge in [0.15, 0.2) is 0 Å². The van der Waals surface area contributed by atoms with Crippen molar-refractivity contribution in [1.82, 2.24) is 5.32 Å². The van der Waals surface area contributed by atoms with Crippen molar-refractivity contribution in [3.63, 3.8) is 0 Å². The third-order valence-corrected chi connectivity index (χ3v) is 3.73. The minimum absolute atomic E-state index is 0.235. The lowest BCUT2D eigenvalue weighted by molar-refractivity contribution is 0.242. The van der Waals surface area contributed by atoms with Gasteiger partial charge in [-0.2, -0.15) is 0 Å². The second-order valence-electron chi connectivity index (χ2n) is 6.18. The van der Waals surface area contributed by atoms with Crippen molar-refractivity contribution < 1.29 is 4.74 Å². The highest BCUT2D eigenvalue weighted by molar-refractivity contribution is 5.29. The molecule has 21 heavy (non-hydrogen) atoms. The van der Waals surface area contributed by atoms with E-state index in [0.29, 0.717) is 6.04 Å². The Kier molecular flexibility index (Phi) is 9.16. The molecule has 0 saturated heterocycles. The molecule has 0 spiro atoms. The van der Waals surface area contributed by atoms with Gasteiger partial charge in [-0.05, 0) is 51.4 Å². The number of nitrogens with one attached hydrogen (secondary N) is 1. The molecule has 0 radical (unpaired) electrons. The Labute approximate surface area is 131 Å². The second kappa shape index (κ2) is 10.7. The van der Waals surface area contributed by atoms with Gasteiger partial charge in [0.1, 0.15) is 5.75 Å². The van der Waals surface area contributed by atoms with Gasteiger partial charge >= 0.3 is 0 Å². The van der Waals surface area contributed by atoms with E-state index in [9.17, 15) is 0 Å². The summed E-state index contributed by atoms with van der Waals surface area (Å²) in [5, 5.41) is 3.61. The third kappa shape index (κ3) is 8.11. The van der Waals surface area contributed by atoms with Gasteiger partial charge < -0.3 is 10.1 Å². The first-order valence-electron chi connectivity index (χ1n) is 8.63. The van der Waals surface area contributed by atoms with Crippen LogP contribution >= 0.6 is 0 Å². The molecule has 2 nitrogen and oxygen atoms in total. The highest BCUT2D eigenvalue weighted by Crippen LogP contribution is 2.18. The van der Waals surface area contributed by atoms with Crippen LogP contribution in [0.4, 0.5) is 0 Å². The maximum atomic E-state index is 5.67. The van der Waals surface area contributed by atoms with Crippen LogP contribution in [0.2, 0.25) is 0 Å². The highest BCUT2D eigenvalue weighted by Gasteiger charge is 2.05. The predicted octanol–water partition coefficient (Wildman–Crippen LogP) is 5.48. The van der Waals surface area contributed by atoms with Crippen LogP contribution in [0.3, 0.4) is 0 Å². The first-order chi connectivity index (χ1) is 10.1. The summed E-state index contributed by atoms with van der Waals surface area (Å²) in [5.41, 5.74) is 1.33. The number of rotatable bonds is 11. The average Bonchev–Trinajstić information content (AvgIpc) is 2.46. The summed E-state index contributed by atoms with van der Waals surface area (Å²) in [7, 11) is 0. The fourth-order valence-electron chi connectivity index (χ4n) is 2.45. The summed E-state index contributed by atoms with van der Waals surface area (Å²) >= 11 is 0. The molecule has 1 N–H and O–H groups in total. The monoisotopic (exact) mass is 291 g/mol. The fourth-order valence-corrected chi connectivity index (χ4v) is 2.45. The summed E-state index contributed by atoms with van der Waals surface area (Å²) in [6.45, 7) is 9.71. The Balaban J connectivity index is 2.21. The van der Waals surface area contributed by atoms with Gasteiger partial charge in [-0.3, -0.25) is 0 Å². The van der Waals surface area contributed by atoms with Crippen LogP contribution in [0.15, 0.2) is 24.3 Å². The molecule has 0 fully saturated rings. The number of hydrogen-bond donors (Lipinski definition) is 1. The van der Waals surface area contributed by atoms with E-state index in [1.54, 1.807) is 0 Å². The second-order valence-corrected chi connectivity index (χ2v) is 6.18. The van der Waals surface area contributed by atoms with Gasteiger partial charge in [-0.15, -0.1) is 0 Å². The summed E-state index contributed by atoms with van der Waals surface area (Å²) < 4.78 is 5.67. The van der Waals surface area contributed by atoms with E-state index in [-0.39, 0.29) is 6.10 Å². The first-order valence-corrected chi connectivity index (χ1v) is 8.63. The zero-order chi connectivity index (χ0) is 15.5. The van der Waals surface area contributed by atoms with Gasteiger partial charge in [0.2, 0.25) is 0 Å². The van der Waals surface area contributed by atoms with Crippen molar-refractivity contribution in [1.29, 1.82) is 0 Å². The van der Waals surface area contributed by atoms with Gasteiger partial charge in [0.05, 0.1) is 6.10 Å². The van der Waals surface area contributed by atoms with Crippen molar-refractivity contribution in [3.8, 4) is 5.75 Å². The van der Waals surface area contributed by atoms with Gasteiger partial charge in [0, 0.05) is 6.04 Å². The maximum absolute atomic E-state index is 5.67. The van der Waals surface area contributed by atoms with Crippen molar-refractivity contribution in [2.45, 2.75) is 78.4 Å². The molecule has 0 saturated carbocycles. The predicted molar refractivity (Wildman–Crippen MR) is 92.0 cm³/mol. The minimum atomic E-state index is 0.235. The van der Waals surface area contributed by atoms with Crippen molar-refractivity contribution in [2.75, 3.05) is 6.54 Å². The van der Waals surface area contributed by atoms with Crippen LogP contribution < -0.4 is 10.1 Å². The van der Waals surface area contributed by atoms with Crippen LogP contribution in [-0.2, 0) is 0 Å². The molecule has 1 rings (SSSR count). The lowest BCUT2D eigenvalue weighted by Gasteiger charge is -2.15. The smallest absolute Gasteiger partial charge is 0.119 e. The first kappa shape index (κ1) is 18.0. The Bertz CT molecular complexity index is 358. The molecule has 0 aliphatic heterocycles. The largest absolute Gasteiger partial charge is 0.491 e. The summed E-state index contributed by atoms with van der Waals surface area (Å²) in [5.74, 6) is 0.955. The Hall–Kier alpha value is -1.02. The van der Waals surface area contributed by atoms with Gasteiger partial charge in [-0.1, -0.05) is 51.2 Å². The van der Waals surface area contributed by atoms with Gasteiger partial charge in [0.25, 0.3) is 0 Å². The maximum Gasteiger partial charge on any atom is 0.119 e. The zero-order valence-electron chi connectivity index (χ0n) is 14.3. The van der Waals surface area contributed by atoms with E-state index in [1.807, 2.05) is 0 Å². The Morgan fingerprint density at radius 1 is 0.905 bits per heavy atom. The molecule has 0 amide bonds. The fraction of sp³-hybridized carbons (Fsp3) is 0.684. The number of unbranched alkanes of at least 4 members (excludes halogenated alkanes) is 5. The van der Waals surface area contributed by atoms with E-state index >= 15 is 0 Å². The van der Waals surface area contributed by atoms with Crippen LogP contribution in [-0.4, -0.2) is 12.6 Å². The minimum Gasteiger partial charge on any atom is -0.491 e. The molecule has 1 aromatic rings. The molecule has 0 aliphatic rings. The lowest BCUT2D eigenvalue weighted by atomic mass is 10.1. The molecule has 1 aromatic carbocycles. The van der Waals surface area contributed by atoms with E-state index in [2.05, 4.69) is 57.3 Å². The van der Waals surface area contributed by atoms with Crippen LogP contribution in [0.25, 0.3) is 0 Å². The average molecular weight is 291 g/mol. The van der Waals surface area contributed by atoms with Crippen LogP contribution in [0.5, 0.6) is 5.75 Å². The van der Waals surface area contributed by atoms with Crippen LogP contribution in [0, 0.1) is 0 Å². The molecular weight excluding hydrogens is 258 g/mol. The lowest BCUT2D eigenvalue weighted by Crippen LogP contribution is -2.19. The molecule has 1 atom stereocenters. The molecule has 1 unspecified atom stereocenters. The molecule has 0 aromatic heterocycles. The van der Waals surface area contributed by atoms with Gasteiger partial charge in [-0.25, -0.2) is 0 Å². The normalized spacial score (nSPS) is 12.6. The SMILES string of the molecule is CCCCCCCCNC(C)c1ccc(OC(C)C)cc1. The molecule has 0 heterocycles. The van der Waals surface area contributed by atoms with Crippen molar-refractivity contribution >= 4 is 0 Å². The van der Waals surface area contributed by atoms with Crippen molar-refractivity contribution in [3.05, 3.63) is 29.8 Å². The molecule has 120 valence electrons. The molecule has 0 bridgehead atoms. The quantitative estimate of drug-likeness (QED) is 0.545. The van der Waals surface area contributed by atoms with Crippen LogP contribution in [0.1, 0.15) is 77.8 Å². The number of benzene rings is 1. The third-order valence-electron chi connectivity index (χ3n) is 3.73. The summed E-state index contributed by atoms with van der Waals surface area (Å²) in [4.78, 5) is 0. The van der Waals surface area contributed by atoms with E-state index in [0.717, 1.165) is 12.3 Å². The zero-order valence-corrected chi connectivity index (χ0v) is 14.3.